The quantitative estimate of drug-likeness (QED) is 0.496. The van der Waals surface area contributed by atoms with E-state index < -0.39 is 0 Å². The van der Waals surface area contributed by atoms with Crippen LogP contribution in [0.2, 0.25) is 0 Å². The van der Waals surface area contributed by atoms with E-state index in [1.165, 1.54) is 16.2 Å². The lowest BCUT2D eigenvalue weighted by Crippen LogP contribution is -2.47. The van der Waals surface area contributed by atoms with E-state index in [2.05, 4.69) is 46.3 Å². The summed E-state index contributed by atoms with van der Waals surface area (Å²) in [5, 5.41) is 2.95. The maximum absolute atomic E-state index is 12.5. The molecule has 2 aliphatic heterocycles. The minimum Gasteiger partial charge on any atom is -0.369 e. The Kier molecular flexibility index (Phi) is 7.45. The largest absolute Gasteiger partial charge is 0.369 e. The number of aryl methyl sites for hydroxylation is 1. The molecule has 174 valence electrons. The third kappa shape index (κ3) is 5.31. The van der Waals surface area contributed by atoms with Crippen LogP contribution in [0.5, 0.6) is 0 Å². The van der Waals surface area contributed by atoms with E-state index in [-0.39, 0.29) is 42.5 Å². The van der Waals surface area contributed by atoms with E-state index >= 15 is 0 Å². The van der Waals surface area contributed by atoms with Crippen molar-refractivity contribution < 1.29 is 14.4 Å². The number of imide groups is 1. The van der Waals surface area contributed by atoms with Crippen molar-refractivity contribution in [1.29, 1.82) is 0 Å². The summed E-state index contributed by atoms with van der Waals surface area (Å²) in [6.07, 6.45) is 4.79. The van der Waals surface area contributed by atoms with Crippen molar-refractivity contribution in [1.82, 2.24) is 15.1 Å². The number of anilines is 1. The summed E-state index contributed by atoms with van der Waals surface area (Å²) in [7, 11) is 0. The molecule has 1 aromatic carbocycles. The van der Waals surface area contributed by atoms with Crippen LogP contribution in [0.4, 0.5) is 5.69 Å². The molecule has 1 aromatic rings. The number of benzene rings is 1. The average molecular weight is 441 g/mol. The number of nitrogens with zero attached hydrogens (tertiary/aromatic N) is 3. The minimum absolute atomic E-state index is 0.0581. The molecular formula is C25H36N4O3. The van der Waals surface area contributed by atoms with Crippen molar-refractivity contribution in [2.45, 2.75) is 45.4 Å². The van der Waals surface area contributed by atoms with Crippen molar-refractivity contribution in [2.24, 2.45) is 11.8 Å². The summed E-state index contributed by atoms with van der Waals surface area (Å²) in [5.41, 5.74) is 2.59. The highest BCUT2D eigenvalue weighted by atomic mass is 16.2. The van der Waals surface area contributed by atoms with Gasteiger partial charge in [0.25, 0.3) is 0 Å². The van der Waals surface area contributed by atoms with Gasteiger partial charge in [-0.25, -0.2) is 0 Å². The zero-order valence-corrected chi connectivity index (χ0v) is 19.2. The summed E-state index contributed by atoms with van der Waals surface area (Å²) in [5.74, 6) is -0.462. The molecule has 3 amide bonds. The van der Waals surface area contributed by atoms with Crippen LogP contribution >= 0.6 is 0 Å². The van der Waals surface area contributed by atoms with E-state index in [4.69, 9.17) is 0 Å². The fourth-order valence-corrected chi connectivity index (χ4v) is 5.34. The molecule has 1 aliphatic carbocycles. The Balaban J connectivity index is 1.10. The summed E-state index contributed by atoms with van der Waals surface area (Å²) in [6.45, 7) is 8.05. The molecule has 2 saturated heterocycles. The first-order chi connectivity index (χ1) is 15.5. The highest BCUT2D eigenvalue weighted by molar-refractivity contribution is 6.05. The lowest BCUT2D eigenvalue weighted by Gasteiger charge is -2.36. The number of rotatable bonds is 8. The number of hydrogen-bond acceptors (Lipinski definition) is 5. The third-order valence-electron chi connectivity index (χ3n) is 7.21. The van der Waals surface area contributed by atoms with Crippen LogP contribution in [0.25, 0.3) is 0 Å². The third-order valence-corrected chi connectivity index (χ3v) is 7.21. The SMILES string of the molecule is Cc1cccc(N2CCN(CCCNC(=O)CCN3C(=O)C4CCCCC4C3=O)CC2)c1. The smallest absolute Gasteiger partial charge is 0.233 e. The maximum Gasteiger partial charge on any atom is 0.233 e. The summed E-state index contributed by atoms with van der Waals surface area (Å²) >= 11 is 0. The van der Waals surface area contributed by atoms with E-state index in [0.29, 0.717) is 6.54 Å². The van der Waals surface area contributed by atoms with Gasteiger partial charge >= 0.3 is 0 Å². The van der Waals surface area contributed by atoms with Gasteiger partial charge in [-0.3, -0.25) is 24.2 Å². The van der Waals surface area contributed by atoms with Crippen LogP contribution in [-0.4, -0.2) is 73.3 Å². The van der Waals surface area contributed by atoms with E-state index in [1.54, 1.807) is 0 Å². The molecule has 0 radical (unpaired) electrons. The van der Waals surface area contributed by atoms with Crippen LogP contribution in [0.1, 0.15) is 44.1 Å². The van der Waals surface area contributed by atoms with Crippen LogP contribution in [0, 0.1) is 18.8 Å². The van der Waals surface area contributed by atoms with Gasteiger partial charge < -0.3 is 10.2 Å². The fraction of sp³-hybridized carbons (Fsp3) is 0.640. The molecule has 2 heterocycles. The van der Waals surface area contributed by atoms with Gasteiger partial charge in [0.15, 0.2) is 0 Å². The second-order valence-corrected chi connectivity index (χ2v) is 9.45. The average Bonchev–Trinajstić information content (AvgIpc) is 3.05. The van der Waals surface area contributed by atoms with Crippen LogP contribution in [0.15, 0.2) is 24.3 Å². The molecule has 3 aliphatic rings. The molecule has 7 heteroatoms. The molecule has 4 rings (SSSR count). The van der Waals surface area contributed by atoms with Gasteiger partial charge in [0.05, 0.1) is 11.8 Å². The van der Waals surface area contributed by atoms with Crippen molar-refractivity contribution in [3.63, 3.8) is 0 Å². The standard InChI is InChI=1S/C25H36N4O3/c1-19-6-4-7-20(18-19)28-16-14-27(15-17-28)12-5-11-26-23(30)10-13-29-24(31)21-8-2-3-9-22(21)25(29)32/h4,6-7,18,21-22H,2-3,5,8-17H2,1H3,(H,26,30). The highest BCUT2D eigenvalue weighted by Crippen LogP contribution is 2.37. The van der Waals surface area contributed by atoms with Gasteiger partial charge in [-0.05, 0) is 50.4 Å². The van der Waals surface area contributed by atoms with Gasteiger partial charge in [-0.15, -0.1) is 0 Å². The van der Waals surface area contributed by atoms with Crippen LogP contribution in [0.3, 0.4) is 0 Å². The molecule has 3 fully saturated rings. The summed E-state index contributed by atoms with van der Waals surface area (Å²) in [6, 6.07) is 8.65. The number of likely N-dealkylation sites (tertiary alicyclic amines) is 1. The van der Waals surface area contributed by atoms with Gasteiger partial charge in [-0.1, -0.05) is 25.0 Å². The number of piperazine rings is 1. The summed E-state index contributed by atoms with van der Waals surface area (Å²) in [4.78, 5) is 43.4. The molecule has 32 heavy (non-hydrogen) atoms. The lowest BCUT2D eigenvalue weighted by molar-refractivity contribution is -0.140. The van der Waals surface area contributed by atoms with Crippen molar-refractivity contribution >= 4 is 23.4 Å². The Morgan fingerprint density at radius 3 is 2.34 bits per heavy atom. The minimum atomic E-state index is -0.134. The normalized spacial score (nSPS) is 24.0. The van der Waals surface area contributed by atoms with E-state index in [1.807, 2.05) is 0 Å². The summed E-state index contributed by atoms with van der Waals surface area (Å²) < 4.78 is 0. The fourth-order valence-electron chi connectivity index (χ4n) is 5.34. The molecular weight excluding hydrogens is 404 g/mol. The number of carbonyl (C=O) groups excluding carboxylic acids is 3. The molecule has 1 saturated carbocycles. The Hall–Kier alpha value is -2.41. The lowest BCUT2D eigenvalue weighted by atomic mass is 9.81. The highest BCUT2D eigenvalue weighted by Gasteiger charge is 2.47. The number of hydrogen-bond donors (Lipinski definition) is 1. The Labute approximate surface area is 191 Å². The molecule has 2 atom stereocenters. The predicted molar refractivity (Wildman–Crippen MR) is 124 cm³/mol. The van der Waals surface area contributed by atoms with Gasteiger partial charge in [0.2, 0.25) is 17.7 Å². The van der Waals surface area contributed by atoms with Gasteiger partial charge in [-0.2, -0.15) is 0 Å². The first kappa shape index (κ1) is 22.8. The number of fused-ring (bicyclic) bond motifs is 1. The predicted octanol–water partition coefficient (Wildman–Crippen LogP) is 2.19. The first-order valence-corrected chi connectivity index (χ1v) is 12.2. The Bertz CT molecular complexity index is 810. The molecule has 2 unspecified atom stereocenters. The zero-order valence-electron chi connectivity index (χ0n) is 19.2. The Morgan fingerprint density at radius 2 is 1.69 bits per heavy atom. The number of nitrogens with one attached hydrogen (secondary N) is 1. The van der Waals surface area contributed by atoms with E-state index in [9.17, 15) is 14.4 Å². The maximum atomic E-state index is 12.5. The van der Waals surface area contributed by atoms with Crippen LogP contribution in [-0.2, 0) is 14.4 Å². The first-order valence-electron chi connectivity index (χ1n) is 12.2. The number of carbonyl (C=O) groups is 3. The molecule has 7 nitrogen and oxygen atoms in total. The second-order valence-electron chi connectivity index (χ2n) is 9.45. The van der Waals surface area contributed by atoms with Gasteiger partial charge in [0.1, 0.15) is 0 Å². The Morgan fingerprint density at radius 1 is 1.00 bits per heavy atom. The molecule has 0 spiro atoms. The molecule has 0 aromatic heterocycles. The van der Waals surface area contributed by atoms with Crippen molar-refractivity contribution in [3.8, 4) is 0 Å². The van der Waals surface area contributed by atoms with Gasteiger partial charge in [0, 0.05) is 51.4 Å². The second kappa shape index (κ2) is 10.5. The number of amides is 3. The van der Waals surface area contributed by atoms with Crippen molar-refractivity contribution in [3.05, 3.63) is 29.8 Å². The topological polar surface area (TPSA) is 73.0 Å². The molecule has 0 bridgehead atoms. The van der Waals surface area contributed by atoms with Crippen molar-refractivity contribution in [2.75, 3.05) is 50.7 Å². The van der Waals surface area contributed by atoms with E-state index in [0.717, 1.165) is 64.8 Å². The zero-order chi connectivity index (χ0) is 22.5. The van der Waals surface area contributed by atoms with Crippen LogP contribution < -0.4 is 10.2 Å². The molecule has 1 N–H and O–H groups in total. The monoisotopic (exact) mass is 440 g/mol.